The molecule has 8 heteroatoms. The predicted octanol–water partition coefficient (Wildman–Crippen LogP) is 3.70. The van der Waals surface area contributed by atoms with Crippen molar-refractivity contribution in [2.45, 2.75) is 38.6 Å². The van der Waals surface area contributed by atoms with Gasteiger partial charge in [0.2, 0.25) is 12.7 Å². The summed E-state index contributed by atoms with van der Waals surface area (Å²) >= 11 is 0. The summed E-state index contributed by atoms with van der Waals surface area (Å²) in [5.41, 5.74) is 6.97. The predicted molar refractivity (Wildman–Crippen MR) is 134 cm³/mol. The van der Waals surface area contributed by atoms with Gasteiger partial charge in [-0.25, -0.2) is 5.01 Å². The van der Waals surface area contributed by atoms with Crippen LogP contribution in [0.1, 0.15) is 37.3 Å². The molecule has 184 valence electrons. The molecule has 2 aliphatic rings. The molecule has 36 heavy (non-hydrogen) atoms. The van der Waals surface area contributed by atoms with E-state index in [4.69, 9.17) is 9.47 Å². The molecule has 0 radical (unpaired) electrons. The Bertz CT molecular complexity index is 1340. The monoisotopic (exact) mass is 485 g/mol. The van der Waals surface area contributed by atoms with Crippen LogP contribution in [-0.2, 0) is 20.8 Å². The lowest BCUT2D eigenvalue weighted by atomic mass is 9.92. The highest BCUT2D eigenvalue weighted by atomic mass is 16.7. The maximum absolute atomic E-state index is 13.4. The summed E-state index contributed by atoms with van der Waals surface area (Å²) in [6.45, 7) is 3.62. The normalized spacial score (nSPS) is 16.4. The Kier molecular flexibility index (Phi) is 6.33. The van der Waals surface area contributed by atoms with Crippen molar-refractivity contribution in [3.8, 4) is 22.6 Å². The highest BCUT2D eigenvalue weighted by Crippen LogP contribution is 2.40. The summed E-state index contributed by atoms with van der Waals surface area (Å²) in [6.07, 6.45) is 0.694. The van der Waals surface area contributed by atoms with Gasteiger partial charge in [-0.2, -0.15) is 0 Å². The van der Waals surface area contributed by atoms with Gasteiger partial charge in [0.25, 0.3) is 11.8 Å². The lowest BCUT2D eigenvalue weighted by Crippen LogP contribution is -2.54. The van der Waals surface area contributed by atoms with E-state index in [0.717, 1.165) is 22.3 Å². The first kappa shape index (κ1) is 23.4. The Morgan fingerprint density at radius 3 is 2.56 bits per heavy atom. The van der Waals surface area contributed by atoms with Gasteiger partial charge in [-0.3, -0.25) is 19.8 Å². The first-order valence-electron chi connectivity index (χ1n) is 11.9. The van der Waals surface area contributed by atoms with Gasteiger partial charge in [-0.05, 0) is 55.2 Å². The molecule has 0 spiro atoms. The number of benzene rings is 3. The number of carbonyl (C=O) groups excluding carboxylic acids is 3. The lowest BCUT2D eigenvalue weighted by molar-refractivity contribution is -0.130. The van der Waals surface area contributed by atoms with E-state index in [9.17, 15) is 14.4 Å². The van der Waals surface area contributed by atoms with Crippen LogP contribution in [0, 0.1) is 0 Å². The van der Waals surface area contributed by atoms with Crippen molar-refractivity contribution in [1.82, 2.24) is 10.7 Å². The second kappa shape index (κ2) is 9.73. The quantitative estimate of drug-likeness (QED) is 0.555. The second-order valence-corrected chi connectivity index (χ2v) is 8.95. The van der Waals surface area contributed by atoms with Gasteiger partial charge in [0.1, 0.15) is 6.04 Å². The average molecular weight is 486 g/mol. The van der Waals surface area contributed by atoms with E-state index in [1.165, 1.54) is 5.01 Å². The summed E-state index contributed by atoms with van der Waals surface area (Å²) < 4.78 is 10.7. The Labute approximate surface area is 209 Å². The molecule has 3 aromatic carbocycles. The summed E-state index contributed by atoms with van der Waals surface area (Å²) in [6, 6.07) is 19.9. The van der Waals surface area contributed by atoms with E-state index in [1.54, 1.807) is 13.0 Å². The molecule has 2 N–H and O–H groups in total. The number of hydrazine groups is 1. The highest BCUT2D eigenvalue weighted by Gasteiger charge is 2.33. The summed E-state index contributed by atoms with van der Waals surface area (Å²) in [5.74, 6) is -0.0935. The van der Waals surface area contributed by atoms with Gasteiger partial charge in [0.15, 0.2) is 11.5 Å². The topological polar surface area (TPSA) is 97.0 Å². The number of amides is 3. The number of nitrogens with zero attached hydrogens (tertiary/aromatic N) is 1. The Morgan fingerprint density at radius 2 is 1.72 bits per heavy atom. The number of rotatable bonds is 6. The first-order chi connectivity index (χ1) is 17.4. The SMILES string of the molecule is CC1C(=O)N(NC(=O)[C@H](C)NC(=O)CCc2ccc3c(c2)OCO3)c2ccccc2-c2ccccc21. The number of anilines is 1. The van der Waals surface area contributed by atoms with E-state index in [2.05, 4.69) is 10.7 Å². The van der Waals surface area contributed by atoms with E-state index in [1.807, 2.05) is 67.6 Å². The Balaban J connectivity index is 1.25. The minimum Gasteiger partial charge on any atom is -0.454 e. The maximum Gasteiger partial charge on any atom is 0.261 e. The number of hydrogen-bond acceptors (Lipinski definition) is 5. The maximum atomic E-state index is 13.4. The van der Waals surface area contributed by atoms with Gasteiger partial charge >= 0.3 is 0 Å². The number of carbonyl (C=O) groups is 3. The van der Waals surface area contributed by atoms with E-state index >= 15 is 0 Å². The van der Waals surface area contributed by atoms with Gasteiger partial charge in [-0.15, -0.1) is 0 Å². The molecule has 0 aliphatic carbocycles. The van der Waals surface area contributed by atoms with Crippen LogP contribution in [0.4, 0.5) is 5.69 Å². The number of ether oxygens (including phenoxy) is 2. The fourth-order valence-electron chi connectivity index (χ4n) is 4.52. The van der Waals surface area contributed by atoms with Crippen LogP contribution in [0.25, 0.3) is 11.1 Å². The smallest absolute Gasteiger partial charge is 0.261 e. The molecule has 0 saturated carbocycles. The Hall–Kier alpha value is -4.33. The molecular formula is C28H27N3O5. The number of para-hydroxylation sites is 1. The van der Waals surface area contributed by atoms with Crippen molar-refractivity contribution in [2.24, 2.45) is 0 Å². The molecule has 0 fully saturated rings. The van der Waals surface area contributed by atoms with Crippen molar-refractivity contribution in [3.63, 3.8) is 0 Å². The minimum atomic E-state index is -0.838. The molecule has 3 aromatic rings. The zero-order valence-corrected chi connectivity index (χ0v) is 20.1. The van der Waals surface area contributed by atoms with E-state index in [-0.39, 0.29) is 25.0 Å². The Morgan fingerprint density at radius 1 is 1.00 bits per heavy atom. The third-order valence-electron chi connectivity index (χ3n) is 6.52. The van der Waals surface area contributed by atoms with Gasteiger partial charge in [-0.1, -0.05) is 48.5 Å². The third kappa shape index (κ3) is 4.49. The van der Waals surface area contributed by atoms with Gasteiger partial charge < -0.3 is 14.8 Å². The van der Waals surface area contributed by atoms with Crippen molar-refractivity contribution in [2.75, 3.05) is 11.8 Å². The summed E-state index contributed by atoms with van der Waals surface area (Å²) in [7, 11) is 0. The molecular weight excluding hydrogens is 458 g/mol. The van der Waals surface area contributed by atoms with Crippen LogP contribution >= 0.6 is 0 Å². The molecule has 1 unspecified atom stereocenters. The molecule has 2 atom stereocenters. The minimum absolute atomic E-state index is 0.195. The van der Waals surface area contributed by atoms with Crippen molar-refractivity contribution >= 4 is 23.4 Å². The molecule has 0 saturated heterocycles. The van der Waals surface area contributed by atoms with Crippen LogP contribution in [0.15, 0.2) is 66.7 Å². The molecule has 2 aliphatic heterocycles. The summed E-state index contributed by atoms with van der Waals surface area (Å²) in [5, 5.41) is 4.03. The van der Waals surface area contributed by atoms with Crippen molar-refractivity contribution in [3.05, 3.63) is 77.9 Å². The molecule has 0 aromatic heterocycles. The van der Waals surface area contributed by atoms with Gasteiger partial charge in [0.05, 0.1) is 11.6 Å². The largest absolute Gasteiger partial charge is 0.454 e. The number of nitrogens with one attached hydrogen (secondary N) is 2. The van der Waals surface area contributed by atoms with Crippen LogP contribution < -0.4 is 25.2 Å². The third-order valence-corrected chi connectivity index (χ3v) is 6.52. The lowest BCUT2D eigenvalue weighted by Gasteiger charge is -2.27. The molecule has 2 heterocycles. The molecule has 3 amide bonds. The van der Waals surface area contributed by atoms with Crippen molar-refractivity contribution < 1.29 is 23.9 Å². The molecule has 8 nitrogen and oxygen atoms in total. The van der Waals surface area contributed by atoms with Crippen molar-refractivity contribution in [1.29, 1.82) is 0 Å². The van der Waals surface area contributed by atoms with E-state index < -0.39 is 17.9 Å². The first-order valence-corrected chi connectivity index (χ1v) is 11.9. The fraction of sp³-hybridized carbons (Fsp3) is 0.250. The second-order valence-electron chi connectivity index (χ2n) is 8.95. The van der Waals surface area contributed by atoms with Crippen LogP contribution in [0.2, 0.25) is 0 Å². The molecule has 0 bridgehead atoms. The average Bonchev–Trinajstić information content (AvgIpc) is 3.35. The summed E-state index contributed by atoms with van der Waals surface area (Å²) in [4.78, 5) is 39.0. The van der Waals surface area contributed by atoms with Gasteiger partial charge in [0, 0.05) is 12.0 Å². The number of aryl methyl sites for hydroxylation is 1. The molecule has 5 rings (SSSR count). The van der Waals surface area contributed by atoms with Crippen LogP contribution in [-0.4, -0.2) is 30.6 Å². The fourth-order valence-corrected chi connectivity index (χ4v) is 4.52. The zero-order valence-electron chi connectivity index (χ0n) is 20.1. The van der Waals surface area contributed by atoms with Crippen LogP contribution in [0.5, 0.6) is 11.5 Å². The highest BCUT2D eigenvalue weighted by molar-refractivity contribution is 6.06. The zero-order chi connectivity index (χ0) is 25.2. The number of fused-ring (bicyclic) bond motifs is 4. The standard InChI is InChI=1S/C28H27N3O5/c1-17-20-7-3-4-8-21(20)22-9-5-6-10-23(22)31(28(17)34)30-27(33)18(2)29-26(32)14-12-19-11-13-24-25(15-19)36-16-35-24/h3-11,13,15,17-18H,12,14,16H2,1-2H3,(H,29,32)(H,30,33)/t17?,18-/m0/s1. The van der Waals surface area contributed by atoms with Crippen LogP contribution in [0.3, 0.4) is 0 Å². The van der Waals surface area contributed by atoms with E-state index in [0.29, 0.717) is 23.6 Å². The number of hydrogen-bond donors (Lipinski definition) is 2.